The summed E-state index contributed by atoms with van der Waals surface area (Å²) in [6, 6.07) is 1.24. The van der Waals surface area contributed by atoms with Crippen LogP contribution in [0.2, 0.25) is 0 Å². The zero-order chi connectivity index (χ0) is 8.69. The van der Waals surface area contributed by atoms with E-state index >= 15 is 0 Å². The minimum Gasteiger partial charge on any atom is -0.372 e. The van der Waals surface area contributed by atoms with E-state index in [1.165, 1.54) is 12.3 Å². The van der Waals surface area contributed by atoms with E-state index in [1.807, 2.05) is 4.98 Å². The summed E-state index contributed by atoms with van der Waals surface area (Å²) in [5.41, 5.74) is 3.31. The SMILES string of the molecule is NC=O.O=c1cc[nH]c(=O)[nH]1. The molecule has 0 bridgehead atoms. The number of nitrogens with one attached hydrogen (secondary N) is 2. The summed E-state index contributed by atoms with van der Waals surface area (Å²) in [6.45, 7) is 0. The summed E-state index contributed by atoms with van der Waals surface area (Å²) in [7, 11) is 0. The molecule has 1 aromatic rings. The number of H-pyrrole nitrogens is 2. The topological polar surface area (TPSA) is 109 Å². The average Bonchev–Trinajstić information content (AvgIpc) is 1.88. The quantitative estimate of drug-likeness (QED) is 0.385. The maximum atomic E-state index is 10.2. The molecular formula is C5H7N3O3. The molecule has 0 saturated heterocycles. The van der Waals surface area contributed by atoms with Crippen LogP contribution in [-0.4, -0.2) is 16.4 Å². The number of amides is 1. The molecule has 6 heteroatoms. The molecule has 6 nitrogen and oxygen atoms in total. The van der Waals surface area contributed by atoms with Gasteiger partial charge in [0.1, 0.15) is 0 Å². The highest BCUT2D eigenvalue weighted by molar-refractivity contribution is 5.42. The van der Waals surface area contributed by atoms with Gasteiger partial charge >= 0.3 is 5.69 Å². The van der Waals surface area contributed by atoms with Gasteiger partial charge < -0.3 is 10.7 Å². The smallest absolute Gasteiger partial charge is 0.325 e. The van der Waals surface area contributed by atoms with Crippen LogP contribution < -0.4 is 17.0 Å². The van der Waals surface area contributed by atoms with Gasteiger partial charge in [-0.15, -0.1) is 0 Å². The molecule has 0 atom stereocenters. The number of hydrogen-bond donors (Lipinski definition) is 3. The summed E-state index contributed by atoms with van der Waals surface area (Å²) in [5, 5.41) is 0. The van der Waals surface area contributed by atoms with Crippen molar-refractivity contribution in [2.75, 3.05) is 0 Å². The highest BCUT2D eigenvalue weighted by atomic mass is 16.2. The molecule has 1 heterocycles. The van der Waals surface area contributed by atoms with E-state index in [2.05, 4.69) is 10.7 Å². The van der Waals surface area contributed by atoms with Gasteiger partial charge in [0.25, 0.3) is 5.56 Å². The zero-order valence-corrected chi connectivity index (χ0v) is 5.53. The molecule has 0 aliphatic carbocycles. The van der Waals surface area contributed by atoms with Gasteiger partial charge in [0.05, 0.1) is 0 Å². The predicted octanol–water partition coefficient (Wildman–Crippen LogP) is -1.84. The van der Waals surface area contributed by atoms with Crippen LogP contribution >= 0.6 is 0 Å². The van der Waals surface area contributed by atoms with Gasteiger partial charge in [0.2, 0.25) is 6.41 Å². The Kier molecular flexibility index (Phi) is 4.14. The molecule has 1 aromatic heterocycles. The van der Waals surface area contributed by atoms with Crippen molar-refractivity contribution < 1.29 is 4.79 Å². The first kappa shape index (κ1) is 9.15. The largest absolute Gasteiger partial charge is 0.372 e. The second-order valence-corrected chi connectivity index (χ2v) is 1.43. The fourth-order valence-corrected chi connectivity index (χ4v) is 0.383. The minimum absolute atomic E-state index is 0.250. The maximum absolute atomic E-state index is 10.2. The number of primary amides is 1. The second kappa shape index (κ2) is 4.98. The average molecular weight is 157 g/mol. The van der Waals surface area contributed by atoms with Crippen molar-refractivity contribution >= 4 is 6.41 Å². The van der Waals surface area contributed by atoms with Crippen molar-refractivity contribution in [2.45, 2.75) is 0 Å². The maximum Gasteiger partial charge on any atom is 0.325 e. The fourth-order valence-electron chi connectivity index (χ4n) is 0.383. The number of carbonyl (C=O) groups is 1. The molecule has 0 radical (unpaired) electrons. The number of nitrogens with two attached hydrogens (primary N) is 1. The Hall–Kier alpha value is -1.85. The molecule has 0 spiro atoms. The van der Waals surface area contributed by atoms with E-state index < -0.39 is 5.69 Å². The molecule has 1 rings (SSSR count). The summed E-state index contributed by atoms with van der Waals surface area (Å²) < 4.78 is 0. The van der Waals surface area contributed by atoms with Crippen LogP contribution in [0.4, 0.5) is 0 Å². The molecule has 0 unspecified atom stereocenters. The first-order valence-corrected chi connectivity index (χ1v) is 2.64. The van der Waals surface area contributed by atoms with Gasteiger partial charge in [0, 0.05) is 12.3 Å². The third-order valence-corrected chi connectivity index (χ3v) is 0.686. The number of hydrogen-bond acceptors (Lipinski definition) is 3. The fraction of sp³-hybridized carbons (Fsp3) is 0. The molecule has 11 heavy (non-hydrogen) atoms. The lowest BCUT2D eigenvalue weighted by molar-refractivity contribution is -0.106. The summed E-state index contributed by atoms with van der Waals surface area (Å²) in [6.07, 6.45) is 1.54. The summed E-state index contributed by atoms with van der Waals surface area (Å²) in [4.78, 5) is 33.2. The summed E-state index contributed by atoms with van der Waals surface area (Å²) >= 11 is 0. The Morgan fingerprint density at radius 1 is 1.45 bits per heavy atom. The van der Waals surface area contributed by atoms with E-state index in [-0.39, 0.29) is 12.0 Å². The number of aromatic amines is 2. The molecule has 0 aliphatic rings. The molecular weight excluding hydrogens is 150 g/mol. The Bertz CT molecular complexity index is 288. The zero-order valence-electron chi connectivity index (χ0n) is 5.53. The van der Waals surface area contributed by atoms with E-state index in [9.17, 15) is 9.59 Å². The number of carbonyl (C=O) groups excluding carboxylic acids is 1. The van der Waals surface area contributed by atoms with Crippen molar-refractivity contribution in [3.05, 3.63) is 33.1 Å². The van der Waals surface area contributed by atoms with Crippen molar-refractivity contribution in [1.82, 2.24) is 9.97 Å². The molecule has 4 N–H and O–H groups in total. The standard InChI is InChI=1S/C4H4N2O2.CH3NO/c7-3-1-2-5-4(8)6-3;2-1-3/h1-2H,(H2,5,6,7,8);1H,(H2,2,3). The van der Waals surface area contributed by atoms with Crippen LogP contribution in [0.3, 0.4) is 0 Å². The van der Waals surface area contributed by atoms with Gasteiger partial charge in [-0.25, -0.2) is 4.79 Å². The van der Waals surface area contributed by atoms with Crippen LogP contribution in [0.1, 0.15) is 0 Å². The first-order chi connectivity index (χ1) is 5.20. The monoisotopic (exact) mass is 157 g/mol. The van der Waals surface area contributed by atoms with Crippen LogP contribution in [0.15, 0.2) is 21.9 Å². The Balaban J connectivity index is 0.000000292. The Morgan fingerprint density at radius 2 is 2.00 bits per heavy atom. The highest BCUT2D eigenvalue weighted by Gasteiger charge is 1.77. The first-order valence-electron chi connectivity index (χ1n) is 2.64. The van der Waals surface area contributed by atoms with E-state index in [0.29, 0.717) is 0 Å². The van der Waals surface area contributed by atoms with E-state index in [1.54, 1.807) is 0 Å². The second-order valence-electron chi connectivity index (χ2n) is 1.43. The van der Waals surface area contributed by atoms with Gasteiger partial charge in [-0.2, -0.15) is 0 Å². The molecule has 0 aliphatic heterocycles. The molecule has 0 fully saturated rings. The van der Waals surface area contributed by atoms with Crippen molar-refractivity contribution in [3.8, 4) is 0 Å². The van der Waals surface area contributed by atoms with Crippen molar-refractivity contribution in [3.63, 3.8) is 0 Å². The van der Waals surface area contributed by atoms with E-state index in [0.717, 1.165) is 0 Å². The van der Waals surface area contributed by atoms with Gasteiger partial charge in [-0.05, 0) is 0 Å². The molecule has 0 aromatic carbocycles. The molecule has 0 saturated carbocycles. The molecule has 1 amide bonds. The van der Waals surface area contributed by atoms with Gasteiger partial charge in [-0.3, -0.25) is 14.6 Å². The van der Waals surface area contributed by atoms with Crippen molar-refractivity contribution in [2.24, 2.45) is 5.73 Å². The third kappa shape index (κ3) is 4.64. The lowest BCUT2D eigenvalue weighted by atomic mass is 10.7. The predicted molar refractivity (Wildman–Crippen MR) is 37.9 cm³/mol. The van der Waals surface area contributed by atoms with Gasteiger partial charge in [0.15, 0.2) is 0 Å². The van der Waals surface area contributed by atoms with E-state index in [4.69, 9.17) is 4.79 Å². The summed E-state index contributed by atoms with van der Waals surface area (Å²) in [5.74, 6) is 0. The normalized spacial score (nSPS) is 7.64. The van der Waals surface area contributed by atoms with Crippen LogP contribution in [0, 0.1) is 0 Å². The number of aromatic nitrogens is 2. The van der Waals surface area contributed by atoms with Gasteiger partial charge in [-0.1, -0.05) is 0 Å². The van der Waals surface area contributed by atoms with Crippen molar-refractivity contribution in [1.29, 1.82) is 0 Å². The lowest BCUT2D eigenvalue weighted by Gasteiger charge is -1.75. The Labute approximate surface area is 61.1 Å². The van der Waals surface area contributed by atoms with Crippen LogP contribution in [-0.2, 0) is 4.79 Å². The number of rotatable bonds is 0. The van der Waals surface area contributed by atoms with Crippen LogP contribution in [0.25, 0.3) is 0 Å². The molecule has 60 valence electrons. The Morgan fingerprint density at radius 3 is 2.27 bits per heavy atom. The highest BCUT2D eigenvalue weighted by Crippen LogP contribution is 1.51. The minimum atomic E-state index is -0.475. The van der Waals surface area contributed by atoms with Crippen LogP contribution in [0.5, 0.6) is 0 Å². The third-order valence-electron chi connectivity index (χ3n) is 0.686. The lowest BCUT2D eigenvalue weighted by Crippen LogP contribution is -2.19.